The highest BCUT2D eigenvalue weighted by Gasteiger charge is 2.27. The molecule has 2 unspecified atom stereocenters. The Balaban J connectivity index is 1.72. The number of aromatic amines is 1. The van der Waals surface area contributed by atoms with E-state index in [0.29, 0.717) is 35.3 Å². The summed E-state index contributed by atoms with van der Waals surface area (Å²) in [7, 11) is 1.64. The average molecular weight is 444 g/mol. The van der Waals surface area contributed by atoms with Gasteiger partial charge in [0.1, 0.15) is 0 Å². The van der Waals surface area contributed by atoms with Crippen molar-refractivity contribution >= 4 is 28.9 Å². The second-order valence-electron chi connectivity index (χ2n) is 8.69. The predicted octanol–water partition coefficient (Wildman–Crippen LogP) is 2.10. The molecule has 3 aromatic rings. The van der Waals surface area contributed by atoms with E-state index in [4.69, 9.17) is 4.98 Å². The van der Waals surface area contributed by atoms with Crippen molar-refractivity contribution in [3.63, 3.8) is 0 Å². The van der Waals surface area contributed by atoms with Gasteiger partial charge in [0.05, 0.1) is 0 Å². The highest BCUT2D eigenvalue weighted by atomic mass is 32.2. The monoisotopic (exact) mass is 443 g/mol. The third-order valence-electron chi connectivity index (χ3n) is 5.65. The van der Waals surface area contributed by atoms with Crippen LogP contribution in [0.2, 0.25) is 0 Å². The third-order valence-corrected chi connectivity index (χ3v) is 6.47. The first-order valence-electron chi connectivity index (χ1n) is 10.6. The van der Waals surface area contributed by atoms with Crippen LogP contribution < -0.4 is 16.1 Å². The zero-order valence-electron chi connectivity index (χ0n) is 18.7. The summed E-state index contributed by atoms with van der Waals surface area (Å²) >= 11 is 1.56. The van der Waals surface area contributed by atoms with E-state index in [1.807, 2.05) is 24.5 Å². The Hall–Kier alpha value is -2.62. The summed E-state index contributed by atoms with van der Waals surface area (Å²) in [6.45, 7) is 10.7. The van der Waals surface area contributed by atoms with Crippen molar-refractivity contribution in [2.45, 2.75) is 45.8 Å². The number of H-pyrrole nitrogens is 1. The summed E-state index contributed by atoms with van der Waals surface area (Å²) in [5.41, 5.74) is 1.87. The van der Waals surface area contributed by atoms with Crippen LogP contribution in [0.25, 0.3) is 11.2 Å². The molecular formula is C21H29N7O2S. The van der Waals surface area contributed by atoms with Crippen LogP contribution in [0.3, 0.4) is 0 Å². The number of hydrogen-bond acceptors (Lipinski definition) is 7. The topological polar surface area (TPSA) is 102 Å². The fourth-order valence-electron chi connectivity index (χ4n) is 4.49. The number of hydrogen-bond donors (Lipinski definition) is 1. The molecule has 4 rings (SSSR count). The molecule has 0 saturated carbocycles. The molecule has 9 nitrogen and oxygen atoms in total. The van der Waals surface area contributed by atoms with Gasteiger partial charge in [-0.25, -0.2) is 14.8 Å². The molecule has 0 aliphatic carbocycles. The van der Waals surface area contributed by atoms with Crippen LogP contribution in [-0.2, 0) is 13.6 Å². The van der Waals surface area contributed by atoms with E-state index >= 15 is 0 Å². The number of rotatable bonds is 5. The minimum atomic E-state index is -0.452. The van der Waals surface area contributed by atoms with E-state index in [1.54, 1.807) is 18.8 Å². The lowest BCUT2D eigenvalue weighted by molar-refractivity contribution is 0.352. The Labute approximate surface area is 184 Å². The lowest BCUT2D eigenvalue weighted by atomic mass is 9.92. The van der Waals surface area contributed by atoms with Gasteiger partial charge in [-0.1, -0.05) is 25.6 Å². The van der Waals surface area contributed by atoms with E-state index in [0.717, 1.165) is 35.6 Å². The number of piperidine rings is 1. The Bertz CT molecular complexity index is 1200. The third kappa shape index (κ3) is 4.39. The van der Waals surface area contributed by atoms with Crippen LogP contribution in [0, 0.1) is 25.7 Å². The van der Waals surface area contributed by atoms with E-state index in [2.05, 4.69) is 33.7 Å². The highest BCUT2D eigenvalue weighted by molar-refractivity contribution is 7.99. The lowest BCUT2D eigenvalue weighted by Crippen LogP contribution is -2.40. The number of nitrogens with one attached hydrogen (secondary N) is 1. The molecule has 1 aliphatic heterocycles. The molecule has 1 N–H and O–H groups in total. The zero-order chi connectivity index (χ0) is 22.3. The molecule has 31 heavy (non-hydrogen) atoms. The largest absolute Gasteiger partial charge is 0.342 e. The molecule has 0 radical (unpaired) electrons. The second kappa shape index (κ2) is 8.49. The first kappa shape index (κ1) is 21.6. The van der Waals surface area contributed by atoms with Crippen molar-refractivity contribution in [1.29, 1.82) is 0 Å². The van der Waals surface area contributed by atoms with Crippen LogP contribution in [0.4, 0.5) is 5.95 Å². The highest BCUT2D eigenvalue weighted by Crippen LogP contribution is 2.28. The SMILES string of the molecule is Cc1cc(C)nc(SCCn2c(N3CC(C)CC(C)C3)nc3c2c(=O)[nH]c(=O)n3C)n1. The van der Waals surface area contributed by atoms with Gasteiger partial charge in [0.25, 0.3) is 5.56 Å². The van der Waals surface area contributed by atoms with Gasteiger partial charge in [0.15, 0.2) is 16.3 Å². The van der Waals surface area contributed by atoms with Crippen molar-refractivity contribution in [1.82, 2.24) is 29.1 Å². The Morgan fingerprint density at radius 1 is 1.10 bits per heavy atom. The van der Waals surface area contributed by atoms with Crippen molar-refractivity contribution < 1.29 is 0 Å². The van der Waals surface area contributed by atoms with Gasteiger partial charge in [-0.05, 0) is 38.2 Å². The maximum Gasteiger partial charge on any atom is 0.329 e. The fraction of sp³-hybridized carbons (Fsp3) is 0.571. The second-order valence-corrected chi connectivity index (χ2v) is 9.75. The minimum absolute atomic E-state index is 0.400. The standard InChI is InChI=1S/C21H29N7O2S/c1-12-8-13(2)11-27(10-12)20-24-17-16(18(29)25-21(30)26(17)5)28(20)6-7-31-19-22-14(3)9-15(4)23-19/h9,12-13H,6-8,10-11H2,1-5H3,(H,25,29,30). The number of fused-ring (bicyclic) bond motifs is 1. The molecule has 1 fully saturated rings. The summed E-state index contributed by atoms with van der Waals surface area (Å²) < 4.78 is 3.36. The van der Waals surface area contributed by atoms with Gasteiger partial charge in [-0.3, -0.25) is 14.3 Å². The van der Waals surface area contributed by atoms with E-state index in [-0.39, 0.29) is 0 Å². The van der Waals surface area contributed by atoms with Gasteiger partial charge in [0, 0.05) is 43.8 Å². The Morgan fingerprint density at radius 2 is 1.74 bits per heavy atom. The molecule has 0 bridgehead atoms. The molecule has 166 valence electrons. The molecule has 1 aliphatic rings. The molecule has 2 atom stereocenters. The van der Waals surface area contributed by atoms with Gasteiger partial charge in [0.2, 0.25) is 5.95 Å². The number of thioether (sulfide) groups is 1. The molecule has 4 heterocycles. The summed E-state index contributed by atoms with van der Waals surface area (Å²) in [6, 6.07) is 1.95. The van der Waals surface area contributed by atoms with Gasteiger partial charge in [-0.15, -0.1) is 0 Å². The smallest absolute Gasteiger partial charge is 0.329 e. The van der Waals surface area contributed by atoms with Crippen LogP contribution >= 0.6 is 11.8 Å². The number of aryl methyl sites for hydroxylation is 4. The van der Waals surface area contributed by atoms with Crippen LogP contribution in [0.15, 0.2) is 20.8 Å². The maximum atomic E-state index is 12.7. The van der Waals surface area contributed by atoms with Gasteiger partial charge >= 0.3 is 5.69 Å². The van der Waals surface area contributed by atoms with Gasteiger partial charge < -0.3 is 9.47 Å². The lowest BCUT2D eigenvalue weighted by Gasteiger charge is -2.35. The predicted molar refractivity (Wildman–Crippen MR) is 123 cm³/mol. The summed E-state index contributed by atoms with van der Waals surface area (Å²) in [5, 5.41) is 0.727. The van der Waals surface area contributed by atoms with Gasteiger partial charge in [-0.2, -0.15) is 4.98 Å². The van der Waals surface area contributed by atoms with Crippen molar-refractivity contribution in [2.24, 2.45) is 18.9 Å². The number of anilines is 1. The Morgan fingerprint density at radius 3 is 2.39 bits per heavy atom. The molecule has 3 aromatic heterocycles. The summed E-state index contributed by atoms with van der Waals surface area (Å²) in [6.07, 6.45) is 1.18. The molecule has 0 spiro atoms. The normalized spacial score (nSPS) is 19.3. The van der Waals surface area contributed by atoms with Crippen molar-refractivity contribution in [2.75, 3.05) is 23.7 Å². The molecule has 0 aromatic carbocycles. The van der Waals surface area contributed by atoms with Crippen molar-refractivity contribution in [3.8, 4) is 0 Å². The maximum absolute atomic E-state index is 12.7. The Kier molecular flexibility index (Phi) is 5.92. The minimum Gasteiger partial charge on any atom is -0.342 e. The number of aromatic nitrogens is 6. The summed E-state index contributed by atoms with van der Waals surface area (Å²) in [5.74, 6) is 2.51. The molecular weight excluding hydrogens is 414 g/mol. The van der Waals surface area contributed by atoms with Crippen molar-refractivity contribution in [3.05, 3.63) is 38.3 Å². The number of nitrogens with zero attached hydrogens (tertiary/aromatic N) is 6. The van der Waals surface area contributed by atoms with E-state index < -0.39 is 11.2 Å². The van der Waals surface area contributed by atoms with Crippen LogP contribution in [-0.4, -0.2) is 47.9 Å². The van der Waals surface area contributed by atoms with E-state index in [1.165, 1.54) is 11.0 Å². The zero-order valence-corrected chi connectivity index (χ0v) is 19.5. The van der Waals surface area contributed by atoms with Crippen LogP contribution in [0.1, 0.15) is 31.7 Å². The first-order chi connectivity index (χ1) is 14.7. The quantitative estimate of drug-likeness (QED) is 0.476. The first-order valence-corrected chi connectivity index (χ1v) is 11.6. The van der Waals surface area contributed by atoms with E-state index in [9.17, 15) is 9.59 Å². The fourth-order valence-corrected chi connectivity index (χ4v) is 5.36. The molecule has 10 heteroatoms. The van der Waals surface area contributed by atoms with Crippen LogP contribution in [0.5, 0.6) is 0 Å². The summed E-state index contributed by atoms with van der Waals surface area (Å²) in [4.78, 5) is 43.3. The molecule has 0 amide bonds. The number of imidazole rings is 1. The molecule has 1 saturated heterocycles. The average Bonchev–Trinajstić information content (AvgIpc) is 3.05.